The molecule has 0 aliphatic heterocycles. The van der Waals surface area contributed by atoms with Crippen molar-refractivity contribution in [3.05, 3.63) is 35.0 Å². The van der Waals surface area contributed by atoms with Crippen LogP contribution in [0.4, 0.5) is 0 Å². The van der Waals surface area contributed by atoms with Crippen molar-refractivity contribution in [1.82, 2.24) is 4.98 Å². The number of benzene rings is 1. The van der Waals surface area contributed by atoms with Crippen LogP contribution >= 0.6 is 0 Å². The number of ether oxygens (including phenoxy) is 1. The Hall–Kier alpha value is -2.10. The lowest BCUT2D eigenvalue weighted by Crippen LogP contribution is -2.01. The molecular weight excluding hydrogens is 218 g/mol. The van der Waals surface area contributed by atoms with Gasteiger partial charge in [0.25, 0.3) is 0 Å². The van der Waals surface area contributed by atoms with Crippen LogP contribution in [0.5, 0.6) is 5.75 Å². The van der Waals surface area contributed by atoms with Gasteiger partial charge in [0.05, 0.1) is 12.7 Å². The second-order valence-corrected chi connectivity index (χ2v) is 3.92. The Kier molecular flexibility index (Phi) is 2.71. The van der Waals surface area contributed by atoms with E-state index in [4.69, 9.17) is 4.74 Å². The summed E-state index contributed by atoms with van der Waals surface area (Å²) in [5, 5.41) is 9.81. The lowest BCUT2D eigenvalue weighted by molar-refractivity contribution is 0.0699. The molecule has 1 N–H and O–H groups in total. The fraction of sp³-hybridized carbons (Fsp3) is 0.231. The summed E-state index contributed by atoms with van der Waals surface area (Å²) in [6.07, 6.45) is 0. The van der Waals surface area contributed by atoms with Crippen molar-refractivity contribution in [2.75, 3.05) is 7.11 Å². The molecule has 1 aromatic carbocycles. The Balaban J connectivity index is 2.95. The SMILES string of the molecule is COc1ccc(C(=O)O)c2c(C)cc(C)nc12. The largest absolute Gasteiger partial charge is 0.494 e. The van der Waals surface area contributed by atoms with Crippen molar-refractivity contribution in [2.24, 2.45) is 0 Å². The van der Waals surface area contributed by atoms with E-state index in [2.05, 4.69) is 4.98 Å². The average Bonchev–Trinajstić information content (AvgIpc) is 2.27. The van der Waals surface area contributed by atoms with Crippen LogP contribution in [0.3, 0.4) is 0 Å². The molecule has 88 valence electrons. The van der Waals surface area contributed by atoms with Crippen LogP contribution in [0.1, 0.15) is 21.6 Å². The van der Waals surface area contributed by atoms with Gasteiger partial charge >= 0.3 is 5.97 Å². The predicted molar refractivity (Wildman–Crippen MR) is 64.7 cm³/mol. The Morgan fingerprint density at radius 3 is 2.65 bits per heavy atom. The topological polar surface area (TPSA) is 59.4 Å². The standard InChI is InChI=1S/C13H13NO3/c1-7-6-8(2)14-12-10(17-3)5-4-9(11(7)12)13(15)16/h4-6H,1-3H3,(H,15,16). The Morgan fingerprint density at radius 2 is 2.06 bits per heavy atom. The molecule has 0 spiro atoms. The molecule has 0 unspecified atom stereocenters. The molecule has 4 heteroatoms. The van der Waals surface area contributed by atoms with Crippen molar-refractivity contribution < 1.29 is 14.6 Å². The van der Waals surface area contributed by atoms with Crippen molar-refractivity contribution in [3.8, 4) is 5.75 Å². The number of rotatable bonds is 2. The predicted octanol–water partition coefficient (Wildman–Crippen LogP) is 2.56. The third-order valence-corrected chi connectivity index (χ3v) is 2.70. The average molecular weight is 231 g/mol. The second kappa shape index (κ2) is 4.05. The number of carboxylic acids is 1. The first-order chi connectivity index (χ1) is 8.04. The minimum absolute atomic E-state index is 0.255. The molecule has 2 rings (SSSR count). The van der Waals surface area contributed by atoms with Crippen molar-refractivity contribution in [2.45, 2.75) is 13.8 Å². The zero-order valence-corrected chi connectivity index (χ0v) is 9.94. The highest BCUT2D eigenvalue weighted by atomic mass is 16.5. The molecule has 0 bridgehead atoms. The number of hydrogen-bond acceptors (Lipinski definition) is 3. The quantitative estimate of drug-likeness (QED) is 0.862. The molecule has 1 heterocycles. The Labute approximate surface area is 98.9 Å². The summed E-state index contributed by atoms with van der Waals surface area (Å²) in [5.41, 5.74) is 2.59. The highest BCUT2D eigenvalue weighted by Gasteiger charge is 2.15. The van der Waals surface area contributed by atoms with Crippen molar-refractivity contribution in [3.63, 3.8) is 0 Å². The second-order valence-electron chi connectivity index (χ2n) is 3.92. The molecule has 0 radical (unpaired) electrons. The number of pyridine rings is 1. The minimum atomic E-state index is -0.952. The van der Waals surface area contributed by atoms with Gasteiger partial charge in [-0.15, -0.1) is 0 Å². The first kappa shape index (κ1) is 11.4. The van der Waals surface area contributed by atoms with Crippen molar-refractivity contribution in [1.29, 1.82) is 0 Å². The fourth-order valence-corrected chi connectivity index (χ4v) is 2.02. The summed E-state index contributed by atoms with van der Waals surface area (Å²) in [7, 11) is 1.55. The highest BCUT2D eigenvalue weighted by molar-refractivity contribution is 6.05. The van der Waals surface area contributed by atoms with Gasteiger partial charge in [0.1, 0.15) is 11.3 Å². The van der Waals surface area contributed by atoms with E-state index in [1.165, 1.54) is 0 Å². The minimum Gasteiger partial charge on any atom is -0.494 e. The maximum atomic E-state index is 11.2. The van der Waals surface area contributed by atoms with Crippen LogP contribution in [0.25, 0.3) is 10.9 Å². The van der Waals surface area contributed by atoms with Gasteiger partial charge in [-0.05, 0) is 37.6 Å². The lowest BCUT2D eigenvalue weighted by atomic mass is 10.0. The monoisotopic (exact) mass is 231 g/mol. The molecule has 0 atom stereocenters. The highest BCUT2D eigenvalue weighted by Crippen LogP contribution is 2.29. The molecular formula is C13H13NO3. The summed E-state index contributed by atoms with van der Waals surface area (Å²) in [6, 6.07) is 5.05. The number of aromatic nitrogens is 1. The van der Waals surface area contributed by atoms with Gasteiger partial charge in [-0.3, -0.25) is 0 Å². The van der Waals surface area contributed by atoms with Crippen molar-refractivity contribution >= 4 is 16.9 Å². The van der Waals surface area contributed by atoms with E-state index in [-0.39, 0.29) is 5.56 Å². The van der Waals surface area contributed by atoms with Crippen LogP contribution < -0.4 is 4.74 Å². The first-order valence-electron chi connectivity index (χ1n) is 5.23. The van der Waals surface area contributed by atoms with E-state index in [9.17, 15) is 9.90 Å². The van der Waals surface area contributed by atoms with Gasteiger partial charge < -0.3 is 9.84 Å². The summed E-state index contributed by atoms with van der Waals surface area (Å²) >= 11 is 0. The van der Waals surface area contributed by atoms with Crippen LogP contribution in [-0.4, -0.2) is 23.2 Å². The number of fused-ring (bicyclic) bond motifs is 1. The molecule has 2 aromatic rings. The summed E-state index contributed by atoms with van der Waals surface area (Å²) in [6.45, 7) is 3.75. The van der Waals surface area contributed by atoms with Gasteiger partial charge in [0.15, 0.2) is 0 Å². The lowest BCUT2D eigenvalue weighted by Gasteiger charge is -2.10. The van der Waals surface area contributed by atoms with E-state index >= 15 is 0 Å². The molecule has 1 aromatic heterocycles. The smallest absolute Gasteiger partial charge is 0.336 e. The zero-order valence-electron chi connectivity index (χ0n) is 9.94. The molecule has 0 saturated heterocycles. The number of hydrogen-bond donors (Lipinski definition) is 1. The molecule has 0 fully saturated rings. The third-order valence-electron chi connectivity index (χ3n) is 2.70. The number of aryl methyl sites for hydroxylation is 2. The van der Waals surface area contributed by atoms with Crippen LogP contribution in [0.15, 0.2) is 18.2 Å². The molecule has 0 aliphatic carbocycles. The van der Waals surface area contributed by atoms with Crippen LogP contribution in [0.2, 0.25) is 0 Å². The van der Waals surface area contributed by atoms with Gasteiger partial charge in [-0.1, -0.05) is 0 Å². The van der Waals surface area contributed by atoms with Gasteiger partial charge in [0, 0.05) is 11.1 Å². The maximum absolute atomic E-state index is 11.2. The Bertz CT molecular complexity index is 605. The number of carbonyl (C=O) groups is 1. The Morgan fingerprint density at radius 1 is 1.35 bits per heavy atom. The number of carboxylic acid groups (broad SMARTS) is 1. The van der Waals surface area contributed by atoms with Gasteiger partial charge in [-0.2, -0.15) is 0 Å². The third kappa shape index (κ3) is 1.82. The van der Waals surface area contributed by atoms with E-state index in [1.807, 2.05) is 19.9 Å². The number of aromatic carboxylic acids is 1. The van der Waals surface area contributed by atoms with Crippen LogP contribution in [0, 0.1) is 13.8 Å². The van der Waals surface area contributed by atoms with Gasteiger partial charge in [-0.25, -0.2) is 9.78 Å². The summed E-state index contributed by atoms with van der Waals surface area (Å²) in [4.78, 5) is 15.5. The summed E-state index contributed by atoms with van der Waals surface area (Å²) < 4.78 is 5.22. The number of nitrogens with zero attached hydrogens (tertiary/aromatic N) is 1. The molecule has 17 heavy (non-hydrogen) atoms. The molecule has 0 saturated carbocycles. The van der Waals surface area contributed by atoms with E-state index in [0.29, 0.717) is 16.7 Å². The maximum Gasteiger partial charge on any atom is 0.336 e. The zero-order chi connectivity index (χ0) is 12.6. The molecule has 4 nitrogen and oxygen atoms in total. The van der Waals surface area contributed by atoms with Gasteiger partial charge in [0.2, 0.25) is 0 Å². The fourth-order valence-electron chi connectivity index (χ4n) is 2.02. The normalized spacial score (nSPS) is 10.5. The molecule has 0 amide bonds. The number of methoxy groups -OCH3 is 1. The summed E-state index contributed by atoms with van der Waals surface area (Å²) in [5.74, 6) is -0.358. The molecule has 0 aliphatic rings. The van der Waals surface area contributed by atoms with E-state index in [0.717, 1.165) is 11.3 Å². The van der Waals surface area contributed by atoms with Crippen LogP contribution in [-0.2, 0) is 0 Å². The van der Waals surface area contributed by atoms with E-state index in [1.54, 1.807) is 19.2 Å². The first-order valence-corrected chi connectivity index (χ1v) is 5.23. The van der Waals surface area contributed by atoms with E-state index < -0.39 is 5.97 Å².